The number of carbonyl (C=O) groups excluding carboxylic acids is 2. The standard InChI is InChI=1S/C13H22N2O4S/c1-12(2,3)18-9(16)8-7-14-10(20)15(8)11(17)19-13(4,5)6/h8H,7H2,1-6H3,(H,14,20). The molecule has 0 saturated carbocycles. The van der Waals surface area contributed by atoms with E-state index in [0.717, 1.165) is 4.90 Å². The largest absolute Gasteiger partial charge is 0.458 e. The van der Waals surface area contributed by atoms with Crippen LogP contribution in [-0.2, 0) is 14.3 Å². The van der Waals surface area contributed by atoms with Gasteiger partial charge in [0.2, 0.25) is 0 Å². The highest BCUT2D eigenvalue weighted by Crippen LogP contribution is 2.18. The predicted octanol–water partition coefficient (Wildman–Crippen LogP) is 1.82. The Morgan fingerprint density at radius 1 is 1.15 bits per heavy atom. The van der Waals surface area contributed by atoms with Crippen molar-refractivity contribution in [1.29, 1.82) is 0 Å². The number of hydrogen-bond acceptors (Lipinski definition) is 5. The van der Waals surface area contributed by atoms with E-state index in [-0.39, 0.29) is 11.7 Å². The number of hydrogen-bond donors (Lipinski definition) is 1. The molecule has 1 aliphatic rings. The number of rotatable bonds is 1. The zero-order valence-electron chi connectivity index (χ0n) is 12.8. The van der Waals surface area contributed by atoms with Crippen molar-refractivity contribution in [1.82, 2.24) is 10.2 Å². The van der Waals surface area contributed by atoms with Gasteiger partial charge in [-0.05, 0) is 53.8 Å². The molecule has 1 N–H and O–H groups in total. The molecule has 114 valence electrons. The monoisotopic (exact) mass is 302 g/mol. The van der Waals surface area contributed by atoms with E-state index < -0.39 is 29.3 Å². The van der Waals surface area contributed by atoms with Crippen LogP contribution in [-0.4, -0.2) is 45.9 Å². The van der Waals surface area contributed by atoms with Crippen LogP contribution < -0.4 is 5.32 Å². The van der Waals surface area contributed by atoms with Gasteiger partial charge in [-0.15, -0.1) is 0 Å². The van der Waals surface area contributed by atoms with Crippen molar-refractivity contribution in [2.24, 2.45) is 0 Å². The second-order valence-corrected chi connectivity index (χ2v) is 6.97. The van der Waals surface area contributed by atoms with Crippen molar-refractivity contribution in [2.45, 2.75) is 58.8 Å². The lowest BCUT2D eigenvalue weighted by Crippen LogP contribution is -2.48. The molecule has 0 aromatic heterocycles. The zero-order chi connectivity index (χ0) is 15.7. The van der Waals surface area contributed by atoms with E-state index in [2.05, 4.69) is 5.32 Å². The first-order chi connectivity index (χ1) is 8.91. The molecule has 1 heterocycles. The van der Waals surface area contributed by atoms with Crippen molar-refractivity contribution in [3.63, 3.8) is 0 Å². The minimum Gasteiger partial charge on any atom is -0.458 e. The third kappa shape index (κ3) is 4.63. The zero-order valence-corrected chi connectivity index (χ0v) is 13.6. The highest BCUT2D eigenvalue weighted by Gasteiger charge is 2.42. The molecule has 0 aliphatic carbocycles. The number of thiocarbonyl (C=S) groups is 1. The fourth-order valence-electron chi connectivity index (χ4n) is 1.58. The Labute approximate surface area is 124 Å². The molecule has 20 heavy (non-hydrogen) atoms. The van der Waals surface area contributed by atoms with Crippen LogP contribution in [0.25, 0.3) is 0 Å². The minimum absolute atomic E-state index is 0.176. The minimum atomic E-state index is -0.795. The summed E-state index contributed by atoms with van der Waals surface area (Å²) in [6, 6.07) is -0.795. The van der Waals surface area contributed by atoms with Gasteiger partial charge in [0.1, 0.15) is 11.2 Å². The lowest BCUT2D eigenvalue weighted by Gasteiger charge is -2.28. The highest BCUT2D eigenvalue weighted by molar-refractivity contribution is 7.80. The van der Waals surface area contributed by atoms with E-state index in [9.17, 15) is 9.59 Å². The van der Waals surface area contributed by atoms with Gasteiger partial charge in [0.25, 0.3) is 0 Å². The summed E-state index contributed by atoms with van der Waals surface area (Å²) in [5.41, 5.74) is -1.28. The van der Waals surface area contributed by atoms with Crippen molar-refractivity contribution < 1.29 is 19.1 Å². The Balaban J connectivity index is 2.84. The molecule has 1 unspecified atom stereocenters. The van der Waals surface area contributed by atoms with Gasteiger partial charge in [0.05, 0.1) is 0 Å². The second-order valence-electron chi connectivity index (χ2n) is 6.59. The molecule has 6 nitrogen and oxygen atoms in total. The third-order valence-electron chi connectivity index (χ3n) is 2.25. The van der Waals surface area contributed by atoms with E-state index in [0.29, 0.717) is 0 Å². The summed E-state index contributed by atoms with van der Waals surface area (Å²) in [5.74, 6) is -0.504. The van der Waals surface area contributed by atoms with E-state index in [1.54, 1.807) is 41.5 Å². The molecule has 0 radical (unpaired) electrons. The molecule has 0 spiro atoms. The number of nitrogens with one attached hydrogen (secondary N) is 1. The van der Waals surface area contributed by atoms with Crippen LogP contribution in [0, 0.1) is 0 Å². The molecular formula is C13H22N2O4S. The first kappa shape index (κ1) is 16.7. The van der Waals surface area contributed by atoms with Crippen LogP contribution >= 0.6 is 12.2 Å². The van der Waals surface area contributed by atoms with Crippen molar-refractivity contribution in [3.05, 3.63) is 0 Å². The van der Waals surface area contributed by atoms with Gasteiger partial charge >= 0.3 is 12.1 Å². The molecule has 0 bridgehead atoms. The molecule has 1 amide bonds. The topological polar surface area (TPSA) is 67.9 Å². The van der Waals surface area contributed by atoms with Crippen LogP contribution in [0.15, 0.2) is 0 Å². The Morgan fingerprint density at radius 2 is 1.65 bits per heavy atom. The maximum atomic E-state index is 12.1. The van der Waals surface area contributed by atoms with Crippen molar-refractivity contribution in [2.75, 3.05) is 6.54 Å². The van der Waals surface area contributed by atoms with Gasteiger partial charge in [-0.3, -0.25) is 0 Å². The first-order valence-electron chi connectivity index (χ1n) is 6.43. The van der Waals surface area contributed by atoms with Gasteiger partial charge in [-0.2, -0.15) is 0 Å². The second kappa shape index (κ2) is 5.55. The maximum absolute atomic E-state index is 12.1. The van der Waals surface area contributed by atoms with Gasteiger partial charge in [-0.25, -0.2) is 14.5 Å². The van der Waals surface area contributed by atoms with Gasteiger partial charge in [-0.1, -0.05) is 0 Å². The fraction of sp³-hybridized carbons (Fsp3) is 0.769. The number of esters is 1. The molecule has 1 atom stereocenters. The van der Waals surface area contributed by atoms with Crippen LogP contribution in [0.3, 0.4) is 0 Å². The smallest absolute Gasteiger partial charge is 0.417 e. The Hall–Kier alpha value is -1.37. The Bertz CT molecular complexity index is 423. The van der Waals surface area contributed by atoms with Gasteiger partial charge < -0.3 is 14.8 Å². The molecular weight excluding hydrogens is 280 g/mol. The summed E-state index contributed by atoms with van der Waals surface area (Å²) in [6.45, 7) is 10.8. The average molecular weight is 302 g/mol. The molecule has 1 fully saturated rings. The predicted molar refractivity (Wildman–Crippen MR) is 78.3 cm³/mol. The molecule has 1 saturated heterocycles. The number of amides is 1. The van der Waals surface area contributed by atoms with Crippen molar-refractivity contribution in [3.8, 4) is 0 Å². The summed E-state index contributed by atoms with van der Waals surface area (Å²) in [4.78, 5) is 25.4. The van der Waals surface area contributed by atoms with Crippen LogP contribution in [0.1, 0.15) is 41.5 Å². The molecule has 7 heteroatoms. The summed E-state index contributed by atoms with van der Waals surface area (Å²) < 4.78 is 10.5. The SMILES string of the molecule is CC(C)(C)OC(=O)C1CNC(=S)N1C(=O)OC(C)(C)C. The lowest BCUT2D eigenvalue weighted by atomic mass is 10.2. The molecule has 1 rings (SSSR count). The summed E-state index contributed by atoms with van der Waals surface area (Å²) in [5, 5.41) is 2.98. The van der Waals surface area contributed by atoms with E-state index in [1.807, 2.05) is 0 Å². The summed E-state index contributed by atoms with van der Waals surface area (Å²) in [7, 11) is 0. The Kier molecular flexibility index (Phi) is 4.63. The molecule has 0 aromatic carbocycles. The number of ether oxygens (including phenoxy) is 2. The van der Waals surface area contributed by atoms with Crippen LogP contribution in [0.2, 0.25) is 0 Å². The average Bonchev–Trinajstić information content (AvgIpc) is 2.54. The van der Waals surface area contributed by atoms with Crippen LogP contribution in [0.5, 0.6) is 0 Å². The third-order valence-corrected chi connectivity index (χ3v) is 2.59. The molecule has 0 aromatic rings. The van der Waals surface area contributed by atoms with Crippen molar-refractivity contribution >= 4 is 29.4 Å². The first-order valence-corrected chi connectivity index (χ1v) is 6.84. The molecule has 1 aliphatic heterocycles. The summed E-state index contributed by atoms with van der Waals surface area (Å²) >= 11 is 5.05. The fourth-order valence-corrected chi connectivity index (χ4v) is 1.87. The Morgan fingerprint density at radius 3 is 2.10 bits per heavy atom. The lowest BCUT2D eigenvalue weighted by molar-refractivity contribution is -0.158. The van der Waals surface area contributed by atoms with E-state index in [4.69, 9.17) is 21.7 Å². The normalized spacial score (nSPS) is 19.6. The van der Waals surface area contributed by atoms with Gasteiger partial charge in [0, 0.05) is 6.54 Å². The van der Waals surface area contributed by atoms with E-state index in [1.165, 1.54) is 0 Å². The quantitative estimate of drug-likeness (QED) is 0.589. The number of carbonyl (C=O) groups is 2. The van der Waals surface area contributed by atoms with E-state index >= 15 is 0 Å². The van der Waals surface area contributed by atoms with Gasteiger partial charge in [0.15, 0.2) is 11.2 Å². The number of nitrogens with zero attached hydrogens (tertiary/aromatic N) is 1. The summed E-state index contributed by atoms with van der Waals surface area (Å²) in [6.07, 6.45) is -0.650. The highest BCUT2D eigenvalue weighted by atomic mass is 32.1. The maximum Gasteiger partial charge on any atom is 0.417 e. The van der Waals surface area contributed by atoms with Crippen LogP contribution in [0.4, 0.5) is 4.79 Å².